The lowest BCUT2D eigenvalue weighted by Crippen LogP contribution is -2.48. The predicted octanol–water partition coefficient (Wildman–Crippen LogP) is 4.06. The van der Waals surface area contributed by atoms with Crippen molar-refractivity contribution in [2.24, 2.45) is 11.7 Å². The minimum Gasteiger partial charge on any atom is -0.481 e. The lowest BCUT2D eigenvalue weighted by molar-refractivity contribution is -0.137. The Morgan fingerprint density at radius 1 is 1.02 bits per heavy atom. The second-order valence-electron chi connectivity index (χ2n) is 14.4. The van der Waals surface area contributed by atoms with Crippen LogP contribution in [0.25, 0.3) is 5.69 Å². The van der Waals surface area contributed by atoms with E-state index in [1.165, 1.54) is 5.56 Å². The molecule has 5 heterocycles. The van der Waals surface area contributed by atoms with E-state index in [0.29, 0.717) is 51.5 Å². The number of carbonyl (C=O) groups excluding carboxylic acids is 2. The topological polar surface area (TPSA) is 150 Å². The second-order valence-corrected chi connectivity index (χ2v) is 14.4. The normalized spacial score (nSPS) is 18.5. The maximum absolute atomic E-state index is 12.8. The van der Waals surface area contributed by atoms with E-state index in [9.17, 15) is 19.5 Å². The van der Waals surface area contributed by atoms with Crippen molar-refractivity contribution in [1.29, 1.82) is 0 Å². The lowest BCUT2D eigenvalue weighted by Gasteiger charge is -2.37. The minimum atomic E-state index is -0.806. The van der Waals surface area contributed by atoms with Crippen molar-refractivity contribution in [3.8, 4) is 5.69 Å². The van der Waals surface area contributed by atoms with E-state index in [1.54, 1.807) is 0 Å². The van der Waals surface area contributed by atoms with Gasteiger partial charge in [0.2, 0.25) is 11.8 Å². The molecular weight excluding hydrogens is 632 g/mol. The van der Waals surface area contributed by atoms with Crippen LogP contribution < -0.4 is 16.0 Å². The van der Waals surface area contributed by atoms with Crippen LogP contribution in [0, 0.1) is 19.8 Å². The van der Waals surface area contributed by atoms with Gasteiger partial charge in [-0.1, -0.05) is 6.07 Å². The van der Waals surface area contributed by atoms with E-state index in [2.05, 4.69) is 45.4 Å². The molecular formula is C38H52N8O4. The molecule has 1 aromatic carbocycles. The van der Waals surface area contributed by atoms with Crippen molar-refractivity contribution >= 4 is 29.3 Å². The molecule has 2 fully saturated rings. The van der Waals surface area contributed by atoms with Gasteiger partial charge < -0.3 is 30.9 Å². The number of aliphatic carboxylic acids is 1. The van der Waals surface area contributed by atoms with Crippen molar-refractivity contribution < 1.29 is 19.5 Å². The second kappa shape index (κ2) is 16.1. The number of piperazine rings is 1. The highest BCUT2D eigenvalue weighted by Crippen LogP contribution is 2.32. The summed E-state index contributed by atoms with van der Waals surface area (Å²) in [7, 11) is 0. The van der Waals surface area contributed by atoms with E-state index in [4.69, 9.17) is 15.8 Å². The van der Waals surface area contributed by atoms with E-state index in [0.717, 1.165) is 91.6 Å². The number of amides is 2. The largest absolute Gasteiger partial charge is 0.481 e. The summed E-state index contributed by atoms with van der Waals surface area (Å²) >= 11 is 0. The number of anilines is 2. The third-order valence-electron chi connectivity index (χ3n) is 10.5. The van der Waals surface area contributed by atoms with E-state index >= 15 is 0 Å². The quantitative estimate of drug-likeness (QED) is 0.229. The summed E-state index contributed by atoms with van der Waals surface area (Å²) in [4.78, 5) is 47.6. The van der Waals surface area contributed by atoms with Gasteiger partial charge in [0.15, 0.2) is 0 Å². The Morgan fingerprint density at radius 2 is 1.82 bits per heavy atom. The molecule has 0 radical (unpaired) electrons. The number of carboxylic acid groups (broad SMARTS) is 1. The lowest BCUT2D eigenvalue weighted by atomic mass is 9.93. The smallest absolute Gasteiger partial charge is 0.304 e. The highest BCUT2D eigenvalue weighted by atomic mass is 16.4. The molecule has 2 amide bonds. The van der Waals surface area contributed by atoms with Crippen molar-refractivity contribution in [3.05, 3.63) is 64.6 Å². The molecule has 2 aromatic heterocycles. The third kappa shape index (κ3) is 9.01. The van der Waals surface area contributed by atoms with Crippen LogP contribution in [0.5, 0.6) is 0 Å². The third-order valence-corrected chi connectivity index (χ3v) is 10.5. The van der Waals surface area contributed by atoms with Crippen LogP contribution in [0.4, 0.5) is 11.5 Å². The molecule has 3 aliphatic heterocycles. The number of benzene rings is 1. The maximum Gasteiger partial charge on any atom is 0.304 e. The number of carboxylic acids is 1. The molecule has 12 nitrogen and oxygen atoms in total. The van der Waals surface area contributed by atoms with Crippen LogP contribution in [0.15, 0.2) is 36.4 Å². The van der Waals surface area contributed by atoms with Gasteiger partial charge in [-0.3, -0.25) is 14.4 Å². The average Bonchev–Trinajstić information content (AvgIpc) is 3.70. The molecule has 6 rings (SSSR count). The summed E-state index contributed by atoms with van der Waals surface area (Å²) in [5, 5.41) is 18.3. The fourth-order valence-electron chi connectivity index (χ4n) is 7.82. The molecule has 0 bridgehead atoms. The molecule has 0 aliphatic carbocycles. The van der Waals surface area contributed by atoms with E-state index in [1.807, 2.05) is 29.5 Å². The Balaban J connectivity index is 1.15. The molecule has 0 spiro atoms. The number of nitrogens with zero attached hydrogens (tertiary/aromatic N) is 6. The number of likely N-dealkylation sites (tertiary alicyclic amines) is 1. The first-order valence-corrected chi connectivity index (χ1v) is 18.3. The molecule has 2 saturated heterocycles. The standard InChI is InChI=1S/C38H52N8O4/c1-26-19-27(2)46(42-26)34-21-30(20-33(23-34)44-15-17-45(18-16-44)36(48)7-3-6-35(39)47)31(22-37(49)50)25-43-14-12-28(24-43)8-10-32-11-9-29-5-4-13-40-38(29)41-32/h9,11,19-21,23,28,31H,3-8,10,12-18,22,24-25H2,1-2H3,(H2,39,47)(H,40,41)(H,49,50)/t28-,31-/m1/s1. The molecule has 50 heavy (non-hydrogen) atoms. The van der Waals surface area contributed by atoms with Crippen LogP contribution >= 0.6 is 0 Å². The summed E-state index contributed by atoms with van der Waals surface area (Å²) in [6.45, 7) is 10.1. The molecule has 4 N–H and O–H groups in total. The number of nitrogens with two attached hydrogens (primary N) is 1. The average molecular weight is 685 g/mol. The first-order chi connectivity index (χ1) is 24.1. The summed E-state index contributed by atoms with van der Waals surface area (Å²) in [5.41, 5.74) is 12.5. The number of aryl methyl sites for hydroxylation is 4. The number of aromatic nitrogens is 3. The van der Waals surface area contributed by atoms with Gasteiger partial charge in [0.25, 0.3) is 0 Å². The Bertz CT molecular complexity index is 1680. The summed E-state index contributed by atoms with van der Waals surface area (Å²) in [5.74, 6) is 0.264. The van der Waals surface area contributed by atoms with Gasteiger partial charge in [-0.25, -0.2) is 9.67 Å². The molecule has 12 heteroatoms. The van der Waals surface area contributed by atoms with Crippen molar-refractivity contribution in [2.75, 3.05) is 62.6 Å². The van der Waals surface area contributed by atoms with Crippen LogP contribution in [0.1, 0.15) is 79.1 Å². The number of primary amides is 1. The SMILES string of the molecule is Cc1cc(C)n(-c2cc([C@H](CC(=O)O)CN3CC[C@@H](CCc4ccc5c(n4)NCCC5)C3)cc(N3CCN(C(=O)CCCC(N)=O)CC3)c2)n1. The number of pyridine rings is 1. The number of carbonyl (C=O) groups is 3. The fourth-order valence-corrected chi connectivity index (χ4v) is 7.82. The predicted molar refractivity (Wildman–Crippen MR) is 194 cm³/mol. The Hall–Kier alpha value is -4.45. The number of hydrogen-bond donors (Lipinski definition) is 3. The fraction of sp³-hybridized carbons (Fsp3) is 0.553. The van der Waals surface area contributed by atoms with E-state index in [-0.39, 0.29) is 30.6 Å². The molecule has 0 unspecified atom stereocenters. The summed E-state index contributed by atoms with van der Waals surface area (Å²) < 4.78 is 1.94. The van der Waals surface area contributed by atoms with Crippen molar-refractivity contribution in [3.63, 3.8) is 0 Å². The molecule has 3 aromatic rings. The van der Waals surface area contributed by atoms with Gasteiger partial charge in [0.1, 0.15) is 5.82 Å². The minimum absolute atomic E-state index is 0.0425. The molecule has 0 saturated carbocycles. The number of rotatable bonds is 14. The van der Waals surface area contributed by atoms with Gasteiger partial charge >= 0.3 is 5.97 Å². The first kappa shape index (κ1) is 35.4. The zero-order chi connectivity index (χ0) is 35.2. The maximum atomic E-state index is 12.8. The zero-order valence-corrected chi connectivity index (χ0v) is 29.6. The Kier molecular flexibility index (Phi) is 11.4. The van der Waals surface area contributed by atoms with Crippen LogP contribution in [-0.4, -0.2) is 99.8 Å². The number of fused-ring (bicyclic) bond motifs is 1. The molecule has 2 atom stereocenters. The van der Waals surface area contributed by atoms with Crippen LogP contribution in [0.3, 0.4) is 0 Å². The molecule has 268 valence electrons. The Labute approximate surface area is 295 Å². The summed E-state index contributed by atoms with van der Waals surface area (Å²) in [6, 6.07) is 12.8. The van der Waals surface area contributed by atoms with Crippen molar-refractivity contribution in [1.82, 2.24) is 24.6 Å². The van der Waals surface area contributed by atoms with Gasteiger partial charge in [0.05, 0.1) is 17.8 Å². The zero-order valence-electron chi connectivity index (χ0n) is 29.6. The number of hydrogen-bond acceptors (Lipinski definition) is 8. The first-order valence-electron chi connectivity index (χ1n) is 18.3. The van der Waals surface area contributed by atoms with Crippen LogP contribution in [0.2, 0.25) is 0 Å². The molecule has 3 aliphatic rings. The van der Waals surface area contributed by atoms with Gasteiger partial charge in [0, 0.05) is 81.6 Å². The van der Waals surface area contributed by atoms with E-state index < -0.39 is 5.97 Å². The van der Waals surface area contributed by atoms with Gasteiger partial charge in [-0.15, -0.1) is 0 Å². The van der Waals surface area contributed by atoms with Crippen molar-refractivity contribution in [2.45, 2.75) is 77.6 Å². The highest BCUT2D eigenvalue weighted by Gasteiger charge is 2.28. The highest BCUT2D eigenvalue weighted by molar-refractivity contribution is 5.78. The monoisotopic (exact) mass is 684 g/mol. The number of nitrogens with one attached hydrogen (secondary N) is 1. The van der Waals surface area contributed by atoms with Crippen LogP contribution in [-0.2, 0) is 27.2 Å². The van der Waals surface area contributed by atoms with Gasteiger partial charge in [-0.05, 0) is 106 Å². The summed E-state index contributed by atoms with van der Waals surface area (Å²) in [6.07, 6.45) is 6.42. The Morgan fingerprint density at radius 3 is 2.56 bits per heavy atom. The van der Waals surface area contributed by atoms with Gasteiger partial charge in [-0.2, -0.15) is 5.10 Å².